The molecule has 0 atom stereocenters. The summed E-state index contributed by atoms with van der Waals surface area (Å²) in [6.07, 6.45) is 2.28. The van der Waals surface area contributed by atoms with Crippen molar-refractivity contribution >= 4 is 17.4 Å². The van der Waals surface area contributed by atoms with Crippen molar-refractivity contribution in [2.24, 2.45) is 0 Å². The molecular formula is C8H11ClN2O. The molecule has 0 aliphatic rings. The van der Waals surface area contributed by atoms with Gasteiger partial charge in [-0.25, -0.2) is 4.98 Å². The highest BCUT2D eigenvalue weighted by molar-refractivity contribution is 6.30. The topological polar surface area (TPSA) is 48.1 Å². The maximum absolute atomic E-state index is 5.74. The molecule has 2 N–H and O–H groups in total. The lowest BCUT2D eigenvalue weighted by molar-refractivity contribution is 0.202. The lowest BCUT2D eigenvalue weighted by Crippen LogP contribution is -2.01. The zero-order valence-corrected chi connectivity index (χ0v) is 7.64. The van der Waals surface area contributed by atoms with Crippen LogP contribution in [0.15, 0.2) is 12.3 Å². The number of aromatic nitrogens is 1. The van der Waals surface area contributed by atoms with E-state index < -0.39 is 0 Å². The Morgan fingerprint density at radius 1 is 1.67 bits per heavy atom. The summed E-state index contributed by atoms with van der Waals surface area (Å²) in [5.74, 6) is 0.524. The minimum absolute atomic E-state index is 0.524. The normalized spacial score (nSPS) is 10.2. The predicted octanol–water partition coefficient (Wildman–Crippen LogP) is 1.51. The molecule has 4 heteroatoms. The molecule has 1 aromatic rings. The van der Waals surface area contributed by atoms with Gasteiger partial charge in [-0.15, -0.1) is 0 Å². The average Bonchev–Trinajstić information content (AvgIpc) is 2.07. The molecule has 0 aliphatic heterocycles. The minimum atomic E-state index is 0.524. The Morgan fingerprint density at radius 2 is 2.42 bits per heavy atom. The lowest BCUT2D eigenvalue weighted by atomic mass is 10.2. The number of nitrogens with zero attached hydrogens (tertiary/aromatic N) is 1. The number of hydrogen-bond acceptors (Lipinski definition) is 3. The second-order valence-electron chi connectivity index (χ2n) is 2.44. The number of nitrogens with two attached hydrogens (primary N) is 1. The molecule has 0 radical (unpaired) electrons. The van der Waals surface area contributed by atoms with Crippen LogP contribution in [-0.4, -0.2) is 18.7 Å². The van der Waals surface area contributed by atoms with Gasteiger partial charge in [0.15, 0.2) is 0 Å². The summed E-state index contributed by atoms with van der Waals surface area (Å²) in [6.45, 7) is 0.631. The molecule has 66 valence electrons. The van der Waals surface area contributed by atoms with Gasteiger partial charge in [-0.1, -0.05) is 11.6 Å². The zero-order chi connectivity index (χ0) is 8.97. The summed E-state index contributed by atoms with van der Waals surface area (Å²) in [5, 5.41) is 0.607. The molecule has 3 nitrogen and oxygen atoms in total. The Hall–Kier alpha value is -0.800. The SMILES string of the molecule is COCCc1cc(Cl)cnc1N. The summed E-state index contributed by atoms with van der Waals surface area (Å²) in [7, 11) is 1.65. The van der Waals surface area contributed by atoms with Gasteiger partial charge < -0.3 is 10.5 Å². The van der Waals surface area contributed by atoms with Gasteiger partial charge in [-0.2, -0.15) is 0 Å². The van der Waals surface area contributed by atoms with Crippen molar-refractivity contribution in [2.75, 3.05) is 19.5 Å². The van der Waals surface area contributed by atoms with Crippen molar-refractivity contribution in [3.63, 3.8) is 0 Å². The fraction of sp³-hybridized carbons (Fsp3) is 0.375. The maximum atomic E-state index is 5.74. The third kappa shape index (κ3) is 2.36. The van der Waals surface area contributed by atoms with Gasteiger partial charge >= 0.3 is 0 Å². The quantitative estimate of drug-likeness (QED) is 0.779. The van der Waals surface area contributed by atoms with E-state index in [-0.39, 0.29) is 0 Å². The van der Waals surface area contributed by atoms with E-state index in [0.29, 0.717) is 17.4 Å². The molecule has 0 aliphatic carbocycles. The molecule has 0 saturated carbocycles. The van der Waals surface area contributed by atoms with Gasteiger partial charge in [0.25, 0.3) is 0 Å². The molecular weight excluding hydrogens is 176 g/mol. The van der Waals surface area contributed by atoms with Crippen LogP contribution in [0.5, 0.6) is 0 Å². The van der Waals surface area contributed by atoms with E-state index in [2.05, 4.69) is 4.98 Å². The van der Waals surface area contributed by atoms with Crippen molar-refractivity contribution in [2.45, 2.75) is 6.42 Å². The molecule has 0 aromatic carbocycles. The van der Waals surface area contributed by atoms with E-state index in [1.807, 2.05) is 6.07 Å². The standard InChI is InChI=1S/C8H11ClN2O/c1-12-3-2-6-4-7(9)5-11-8(6)10/h4-5H,2-3H2,1H3,(H2,10,11). The van der Waals surface area contributed by atoms with E-state index in [1.54, 1.807) is 7.11 Å². The Labute approximate surface area is 76.5 Å². The lowest BCUT2D eigenvalue weighted by Gasteiger charge is -2.03. The molecule has 0 amide bonds. The van der Waals surface area contributed by atoms with Crippen molar-refractivity contribution < 1.29 is 4.74 Å². The third-order valence-electron chi connectivity index (χ3n) is 1.54. The highest BCUT2D eigenvalue weighted by Crippen LogP contribution is 2.14. The number of nitrogen functional groups attached to an aromatic ring is 1. The number of halogens is 1. The zero-order valence-electron chi connectivity index (χ0n) is 6.88. The second kappa shape index (κ2) is 4.28. The van der Waals surface area contributed by atoms with Crippen molar-refractivity contribution in [1.82, 2.24) is 4.98 Å². The molecule has 1 heterocycles. The highest BCUT2D eigenvalue weighted by atomic mass is 35.5. The van der Waals surface area contributed by atoms with E-state index in [1.165, 1.54) is 6.20 Å². The molecule has 1 aromatic heterocycles. The van der Waals surface area contributed by atoms with Crippen LogP contribution in [-0.2, 0) is 11.2 Å². The van der Waals surface area contributed by atoms with Crippen molar-refractivity contribution in [3.05, 3.63) is 22.8 Å². The van der Waals surface area contributed by atoms with Gasteiger partial charge in [0.2, 0.25) is 0 Å². The first-order valence-corrected chi connectivity index (χ1v) is 4.00. The third-order valence-corrected chi connectivity index (χ3v) is 1.75. The van der Waals surface area contributed by atoms with Crippen LogP contribution in [0, 0.1) is 0 Å². The van der Waals surface area contributed by atoms with E-state index in [0.717, 1.165) is 12.0 Å². The fourth-order valence-electron chi connectivity index (χ4n) is 0.904. The van der Waals surface area contributed by atoms with Crippen molar-refractivity contribution in [3.8, 4) is 0 Å². The molecule has 0 unspecified atom stereocenters. The number of ether oxygens (including phenoxy) is 1. The molecule has 1 rings (SSSR count). The summed E-state index contributed by atoms with van der Waals surface area (Å²) in [6, 6.07) is 1.81. The van der Waals surface area contributed by atoms with Crippen LogP contribution in [0.3, 0.4) is 0 Å². The van der Waals surface area contributed by atoms with Crippen molar-refractivity contribution in [1.29, 1.82) is 0 Å². The number of hydrogen-bond donors (Lipinski definition) is 1. The Bertz CT molecular complexity index is 265. The highest BCUT2D eigenvalue weighted by Gasteiger charge is 2.00. The predicted molar refractivity (Wildman–Crippen MR) is 49.2 cm³/mol. The van der Waals surface area contributed by atoms with E-state index in [4.69, 9.17) is 22.1 Å². The molecule has 0 saturated heterocycles. The largest absolute Gasteiger partial charge is 0.384 e. The fourth-order valence-corrected chi connectivity index (χ4v) is 1.08. The number of pyridine rings is 1. The van der Waals surface area contributed by atoms with Crippen LogP contribution in [0.2, 0.25) is 5.02 Å². The van der Waals surface area contributed by atoms with Crippen LogP contribution in [0.25, 0.3) is 0 Å². The average molecular weight is 187 g/mol. The molecule has 0 spiro atoms. The van der Waals surface area contributed by atoms with Gasteiger partial charge in [0, 0.05) is 13.3 Å². The first-order valence-electron chi connectivity index (χ1n) is 3.63. The summed E-state index contributed by atoms with van der Waals surface area (Å²) in [4.78, 5) is 3.92. The van der Waals surface area contributed by atoms with Gasteiger partial charge in [0.05, 0.1) is 11.6 Å². The van der Waals surface area contributed by atoms with Crippen LogP contribution >= 0.6 is 11.6 Å². The Kier molecular flexibility index (Phi) is 3.31. The summed E-state index contributed by atoms with van der Waals surface area (Å²) >= 11 is 5.74. The van der Waals surface area contributed by atoms with Crippen LogP contribution in [0.1, 0.15) is 5.56 Å². The number of anilines is 1. The molecule has 12 heavy (non-hydrogen) atoms. The van der Waals surface area contributed by atoms with Gasteiger partial charge in [-0.3, -0.25) is 0 Å². The Morgan fingerprint density at radius 3 is 3.08 bits per heavy atom. The second-order valence-corrected chi connectivity index (χ2v) is 2.88. The Balaban J connectivity index is 2.75. The first kappa shape index (κ1) is 9.29. The van der Waals surface area contributed by atoms with Gasteiger partial charge in [-0.05, 0) is 18.1 Å². The smallest absolute Gasteiger partial charge is 0.126 e. The summed E-state index contributed by atoms with van der Waals surface area (Å²) < 4.78 is 4.91. The minimum Gasteiger partial charge on any atom is -0.384 e. The molecule has 0 bridgehead atoms. The monoisotopic (exact) mass is 186 g/mol. The van der Waals surface area contributed by atoms with Crippen LogP contribution < -0.4 is 5.73 Å². The summed E-state index contributed by atoms with van der Waals surface area (Å²) in [5.41, 5.74) is 6.54. The van der Waals surface area contributed by atoms with Gasteiger partial charge in [0.1, 0.15) is 5.82 Å². The first-order chi connectivity index (χ1) is 5.74. The molecule has 0 fully saturated rings. The number of methoxy groups -OCH3 is 1. The van der Waals surface area contributed by atoms with E-state index >= 15 is 0 Å². The maximum Gasteiger partial charge on any atom is 0.126 e. The number of rotatable bonds is 3. The van der Waals surface area contributed by atoms with E-state index in [9.17, 15) is 0 Å². The van der Waals surface area contributed by atoms with Crippen LogP contribution in [0.4, 0.5) is 5.82 Å².